The van der Waals surface area contributed by atoms with Crippen molar-refractivity contribution in [1.29, 1.82) is 0 Å². The molecule has 0 amide bonds. The minimum absolute atomic E-state index is 0.0810. The summed E-state index contributed by atoms with van der Waals surface area (Å²) in [5.41, 5.74) is 1.87. The fourth-order valence-electron chi connectivity index (χ4n) is 2.08. The van der Waals surface area contributed by atoms with E-state index in [1.165, 1.54) is 0 Å². The van der Waals surface area contributed by atoms with Crippen molar-refractivity contribution in [3.63, 3.8) is 0 Å². The molecule has 1 atom stereocenters. The van der Waals surface area contributed by atoms with E-state index in [1.807, 2.05) is 0 Å². The Hall–Kier alpha value is -1.40. The van der Waals surface area contributed by atoms with Crippen LogP contribution < -0.4 is 0 Å². The maximum absolute atomic E-state index is 12.2. The predicted octanol–water partition coefficient (Wildman–Crippen LogP) is 2.48. The van der Waals surface area contributed by atoms with Crippen LogP contribution in [0.15, 0.2) is 48.5 Å². The highest BCUT2D eigenvalue weighted by molar-refractivity contribution is 7.90. The molecule has 0 heterocycles. The lowest BCUT2D eigenvalue weighted by molar-refractivity contribution is 0.201. The summed E-state index contributed by atoms with van der Waals surface area (Å²) >= 11 is 5.76. The second kappa shape index (κ2) is 7.24. The number of aliphatic hydroxyl groups excluding tert-OH is 2. The zero-order chi connectivity index (χ0) is 16.2. The number of rotatable bonds is 6. The maximum Gasteiger partial charge on any atom is 0.157 e. The second-order valence-electron chi connectivity index (χ2n) is 5.10. The molecular formula is C16H17ClO4S. The van der Waals surface area contributed by atoms with Gasteiger partial charge >= 0.3 is 0 Å². The lowest BCUT2D eigenvalue weighted by Gasteiger charge is -2.12. The van der Waals surface area contributed by atoms with E-state index in [4.69, 9.17) is 16.7 Å². The second-order valence-corrected chi connectivity index (χ2v) is 7.64. The van der Waals surface area contributed by atoms with E-state index in [-0.39, 0.29) is 18.1 Å². The molecule has 0 aromatic heterocycles. The van der Waals surface area contributed by atoms with E-state index in [0.717, 1.165) is 5.56 Å². The van der Waals surface area contributed by atoms with Crippen molar-refractivity contribution >= 4 is 21.4 Å². The zero-order valence-electron chi connectivity index (χ0n) is 11.8. The highest BCUT2D eigenvalue weighted by Crippen LogP contribution is 2.19. The van der Waals surface area contributed by atoms with Gasteiger partial charge in [-0.2, -0.15) is 0 Å². The summed E-state index contributed by atoms with van der Waals surface area (Å²) in [5, 5.41) is 19.5. The Morgan fingerprint density at radius 1 is 0.955 bits per heavy atom. The summed E-state index contributed by atoms with van der Waals surface area (Å²) < 4.78 is 24.3. The van der Waals surface area contributed by atoms with Crippen molar-refractivity contribution in [2.24, 2.45) is 0 Å². The van der Waals surface area contributed by atoms with E-state index in [0.29, 0.717) is 16.1 Å². The SMILES string of the molecule is O=S(=O)(Cc1ccc(CO)cc1)CC(O)c1ccc(Cl)cc1. The number of aliphatic hydroxyl groups is 2. The van der Waals surface area contributed by atoms with Gasteiger partial charge in [-0.15, -0.1) is 0 Å². The minimum Gasteiger partial charge on any atom is -0.392 e. The van der Waals surface area contributed by atoms with Crippen LogP contribution in [0.3, 0.4) is 0 Å². The van der Waals surface area contributed by atoms with Gasteiger partial charge in [0.05, 0.1) is 24.2 Å². The Kier molecular flexibility index (Phi) is 5.58. The van der Waals surface area contributed by atoms with Crippen molar-refractivity contribution in [1.82, 2.24) is 0 Å². The Balaban J connectivity index is 2.04. The summed E-state index contributed by atoms with van der Waals surface area (Å²) in [6.45, 7) is -0.0810. The van der Waals surface area contributed by atoms with Crippen molar-refractivity contribution in [2.75, 3.05) is 5.75 Å². The Morgan fingerprint density at radius 3 is 2.05 bits per heavy atom. The van der Waals surface area contributed by atoms with Crippen molar-refractivity contribution < 1.29 is 18.6 Å². The molecular weight excluding hydrogens is 324 g/mol. The minimum atomic E-state index is -3.46. The van der Waals surface area contributed by atoms with Crippen molar-refractivity contribution in [3.05, 3.63) is 70.2 Å². The van der Waals surface area contributed by atoms with Crippen LogP contribution in [0.5, 0.6) is 0 Å². The van der Waals surface area contributed by atoms with E-state index in [1.54, 1.807) is 48.5 Å². The molecule has 2 rings (SSSR count). The van der Waals surface area contributed by atoms with Crippen LogP contribution in [0.2, 0.25) is 5.02 Å². The highest BCUT2D eigenvalue weighted by Gasteiger charge is 2.19. The summed E-state index contributed by atoms with van der Waals surface area (Å²) in [5.74, 6) is -0.500. The van der Waals surface area contributed by atoms with Gasteiger partial charge in [-0.25, -0.2) is 8.42 Å². The molecule has 0 radical (unpaired) electrons. The molecule has 1 unspecified atom stereocenters. The molecule has 0 aliphatic heterocycles. The lowest BCUT2D eigenvalue weighted by Crippen LogP contribution is -2.16. The quantitative estimate of drug-likeness (QED) is 0.847. The number of sulfone groups is 1. The molecule has 6 heteroatoms. The first-order valence-corrected chi connectivity index (χ1v) is 8.92. The number of hydrogen-bond donors (Lipinski definition) is 2. The molecule has 2 aromatic rings. The highest BCUT2D eigenvalue weighted by atomic mass is 35.5. The first-order chi connectivity index (χ1) is 10.4. The first-order valence-electron chi connectivity index (χ1n) is 6.72. The van der Waals surface area contributed by atoms with E-state index >= 15 is 0 Å². The van der Waals surface area contributed by atoms with Gasteiger partial charge in [0.15, 0.2) is 9.84 Å². The fraction of sp³-hybridized carbons (Fsp3) is 0.250. The standard InChI is InChI=1S/C16H17ClO4S/c17-15-7-5-14(6-8-15)16(19)11-22(20,21)10-13-3-1-12(9-18)2-4-13/h1-8,16,18-19H,9-11H2. The van der Waals surface area contributed by atoms with Crippen LogP contribution in [0.25, 0.3) is 0 Å². The molecule has 0 aliphatic rings. The molecule has 0 aliphatic carbocycles. The average molecular weight is 341 g/mol. The Labute approximate surface area is 134 Å². The maximum atomic E-state index is 12.2. The number of halogens is 1. The Bertz CT molecular complexity index is 709. The van der Waals surface area contributed by atoms with E-state index in [2.05, 4.69) is 0 Å². The fourth-order valence-corrected chi connectivity index (χ4v) is 3.69. The molecule has 0 fully saturated rings. The molecule has 4 nitrogen and oxygen atoms in total. The lowest BCUT2D eigenvalue weighted by atomic mass is 10.1. The largest absolute Gasteiger partial charge is 0.392 e. The topological polar surface area (TPSA) is 74.6 Å². The number of hydrogen-bond acceptors (Lipinski definition) is 4. The molecule has 118 valence electrons. The molecule has 2 aromatic carbocycles. The van der Waals surface area contributed by atoms with Crippen molar-refractivity contribution in [2.45, 2.75) is 18.5 Å². The molecule has 0 bridgehead atoms. The summed E-state index contributed by atoms with van der Waals surface area (Å²) in [6, 6.07) is 13.1. The molecule has 0 spiro atoms. The van der Waals surface area contributed by atoms with Crippen LogP contribution in [0, 0.1) is 0 Å². The van der Waals surface area contributed by atoms with Gasteiger partial charge < -0.3 is 10.2 Å². The van der Waals surface area contributed by atoms with Crippen LogP contribution in [0.1, 0.15) is 22.8 Å². The third-order valence-electron chi connectivity index (χ3n) is 3.26. The zero-order valence-corrected chi connectivity index (χ0v) is 13.4. The normalized spacial score (nSPS) is 13.0. The van der Waals surface area contributed by atoms with Gasteiger partial charge in [-0.1, -0.05) is 48.0 Å². The van der Waals surface area contributed by atoms with Gasteiger partial charge in [0, 0.05) is 5.02 Å². The van der Waals surface area contributed by atoms with Crippen LogP contribution in [-0.4, -0.2) is 24.4 Å². The van der Waals surface area contributed by atoms with Gasteiger partial charge in [-0.3, -0.25) is 0 Å². The van der Waals surface area contributed by atoms with E-state index in [9.17, 15) is 13.5 Å². The van der Waals surface area contributed by atoms with Gasteiger partial charge in [0.25, 0.3) is 0 Å². The summed E-state index contributed by atoms with van der Waals surface area (Å²) in [6.07, 6.45) is -1.08. The molecule has 0 saturated carbocycles. The van der Waals surface area contributed by atoms with Gasteiger partial charge in [0.2, 0.25) is 0 Å². The van der Waals surface area contributed by atoms with Crippen LogP contribution in [0.4, 0.5) is 0 Å². The van der Waals surface area contributed by atoms with Gasteiger partial charge in [-0.05, 0) is 28.8 Å². The van der Waals surface area contributed by atoms with Crippen LogP contribution in [-0.2, 0) is 22.2 Å². The number of benzene rings is 2. The third kappa shape index (κ3) is 4.81. The van der Waals surface area contributed by atoms with Crippen molar-refractivity contribution in [3.8, 4) is 0 Å². The predicted molar refractivity (Wildman–Crippen MR) is 86.3 cm³/mol. The smallest absolute Gasteiger partial charge is 0.157 e. The average Bonchev–Trinajstić information content (AvgIpc) is 2.47. The third-order valence-corrected chi connectivity index (χ3v) is 5.11. The van der Waals surface area contributed by atoms with Gasteiger partial charge in [0.1, 0.15) is 0 Å². The van der Waals surface area contributed by atoms with Crippen LogP contribution >= 0.6 is 11.6 Å². The molecule has 2 N–H and O–H groups in total. The first kappa shape index (κ1) is 17.0. The Morgan fingerprint density at radius 2 is 1.50 bits per heavy atom. The molecule has 0 saturated heterocycles. The molecule has 22 heavy (non-hydrogen) atoms. The van der Waals surface area contributed by atoms with E-state index < -0.39 is 15.9 Å². The summed E-state index contributed by atoms with van der Waals surface area (Å²) in [7, 11) is -3.46. The monoisotopic (exact) mass is 340 g/mol. The summed E-state index contributed by atoms with van der Waals surface area (Å²) in [4.78, 5) is 0.